The fourth-order valence-corrected chi connectivity index (χ4v) is 4.71. The maximum absolute atomic E-state index is 13.0. The number of carbonyl (C=O) groups is 3. The average Bonchev–Trinajstić information content (AvgIpc) is 3.50. The van der Waals surface area contributed by atoms with Gasteiger partial charge in [0.05, 0.1) is 17.7 Å². The van der Waals surface area contributed by atoms with Crippen molar-refractivity contribution in [3.63, 3.8) is 0 Å². The number of oxazole rings is 1. The number of imide groups is 1. The Morgan fingerprint density at radius 3 is 2.76 bits per heavy atom. The summed E-state index contributed by atoms with van der Waals surface area (Å²) in [4.78, 5) is 47.1. The van der Waals surface area contributed by atoms with Crippen LogP contribution in [0.4, 0.5) is 0 Å². The van der Waals surface area contributed by atoms with Gasteiger partial charge in [-0.2, -0.15) is 0 Å². The molecule has 0 bridgehead atoms. The number of amides is 3. The van der Waals surface area contributed by atoms with Gasteiger partial charge in [-0.15, -0.1) is 0 Å². The topological polar surface area (TPSA) is 110 Å². The summed E-state index contributed by atoms with van der Waals surface area (Å²) in [6.45, 7) is 0.320. The standard InChI is InChI=1S/C24H19N5O4/c1-28-11-25-21(22(28)14-3-5-17-19(9-14)33-12-26-17)13-2-4-16-15(8-13)10-29(24(16)32)18-6-7-20(30)27-23(18)31/h2-5,8-9,11-12,18H,6-7,10H2,1H3,(H,27,30,31)/t18-/m0/s1. The molecule has 1 atom stereocenters. The first-order valence-corrected chi connectivity index (χ1v) is 10.6. The molecule has 0 saturated carbocycles. The van der Waals surface area contributed by atoms with Crippen LogP contribution in [0.15, 0.2) is 53.5 Å². The average molecular weight is 441 g/mol. The number of aromatic nitrogens is 3. The molecule has 0 unspecified atom stereocenters. The van der Waals surface area contributed by atoms with Crippen molar-refractivity contribution in [2.75, 3.05) is 0 Å². The van der Waals surface area contributed by atoms with E-state index in [-0.39, 0.29) is 18.2 Å². The van der Waals surface area contributed by atoms with Crippen LogP contribution < -0.4 is 5.32 Å². The quantitative estimate of drug-likeness (QED) is 0.490. The number of carbonyl (C=O) groups excluding carboxylic acids is 3. The molecular weight excluding hydrogens is 422 g/mol. The Morgan fingerprint density at radius 2 is 1.91 bits per heavy atom. The number of fused-ring (bicyclic) bond motifs is 2. The fourth-order valence-electron chi connectivity index (χ4n) is 4.71. The molecule has 9 heteroatoms. The Labute approximate surface area is 188 Å². The van der Waals surface area contributed by atoms with Crippen molar-refractivity contribution >= 4 is 28.8 Å². The van der Waals surface area contributed by atoms with Crippen LogP contribution in [0.1, 0.15) is 28.8 Å². The number of aryl methyl sites for hydroxylation is 1. The molecule has 1 N–H and O–H groups in total. The fraction of sp³-hybridized carbons (Fsp3) is 0.208. The Bertz CT molecular complexity index is 1470. The van der Waals surface area contributed by atoms with Crippen LogP contribution in [0.2, 0.25) is 0 Å². The zero-order valence-electron chi connectivity index (χ0n) is 17.7. The monoisotopic (exact) mass is 441 g/mol. The van der Waals surface area contributed by atoms with E-state index in [0.717, 1.165) is 33.6 Å². The number of nitrogens with zero attached hydrogens (tertiary/aromatic N) is 4. The third kappa shape index (κ3) is 3.04. The highest BCUT2D eigenvalue weighted by atomic mass is 16.3. The lowest BCUT2D eigenvalue weighted by Crippen LogP contribution is -2.52. The zero-order chi connectivity index (χ0) is 22.7. The molecule has 0 aliphatic carbocycles. The molecule has 2 aromatic heterocycles. The van der Waals surface area contributed by atoms with E-state index in [1.165, 1.54) is 6.39 Å². The van der Waals surface area contributed by atoms with Crippen molar-refractivity contribution < 1.29 is 18.8 Å². The Kier molecular flexibility index (Phi) is 4.19. The van der Waals surface area contributed by atoms with Gasteiger partial charge in [-0.3, -0.25) is 19.7 Å². The second-order valence-electron chi connectivity index (χ2n) is 8.36. The minimum atomic E-state index is -0.634. The van der Waals surface area contributed by atoms with Crippen molar-refractivity contribution in [1.29, 1.82) is 0 Å². The van der Waals surface area contributed by atoms with Gasteiger partial charge in [0, 0.05) is 36.7 Å². The van der Waals surface area contributed by atoms with Crippen LogP contribution in [0.3, 0.4) is 0 Å². The summed E-state index contributed by atoms with van der Waals surface area (Å²) in [6, 6.07) is 10.8. The Morgan fingerprint density at radius 1 is 1.06 bits per heavy atom. The van der Waals surface area contributed by atoms with Crippen LogP contribution in [0.5, 0.6) is 0 Å². The molecule has 2 aromatic carbocycles. The van der Waals surface area contributed by atoms with E-state index in [0.29, 0.717) is 24.1 Å². The highest BCUT2D eigenvalue weighted by Crippen LogP contribution is 2.35. The molecule has 2 aliphatic rings. The lowest BCUT2D eigenvalue weighted by Gasteiger charge is -2.29. The predicted molar refractivity (Wildman–Crippen MR) is 118 cm³/mol. The second kappa shape index (κ2) is 7.13. The summed E-state index contributed by atoms with van der Waals surface area (Å²) in [5.74, 6) is -0.903. The summed E-state index contributed by atoms with van der Waals surface area (Å²) in [6.07, 6.45) is 3.74. The van der Waals surface area contributed by atoms with Crippen molar-refractivity contribution in [1.82, 2.24) is 24.8 Å². The Balaban J connectivity index is 1.36. The molecule has 9 nitrogen and oxygen atoms in total. The van der Waals surface area contributed by atoms with Gasteiger partial charge in [0.2, 0.25) is 11.8 Å². The molecule has 6 rings (SSSR count). The molecule has 1 saturated heterocycles. The smallest absolute Gasteiger partial charge is 0.255 e. The maximum Gasteiger partial charge on any atom is 0.255 e. The zero-order valence-corrected chi connectivity index (χ0v) is 17.7. The van der Waals surface area contributed by atoms with Crippen molar-refractivity contribution in [3.05, 3.63) is 60.2 Å². The van der Waals surface area contributed by atoms with Crippen LogP contribution in [-0.2, 0) is 23.2 Å². The molecule has 4 aromatic rings. The van der Waals surface area contributed by atoms with Gasteiger partial charge in [0.25, 0.3) is 5.91 Å². The number of hydrogen-bond donors (Lipinski definition) is 1. The molecular formula is C24H19N5O4. The van der Waals surface area contributed by atoms with E-state index < -0.39 is 11.9 Å². The molecule has 33 heavy (non-hydrogen) atoms. The van der Waals surface area contributed by atoms with Gasteiger partial charge in [-0.1, -0.05) is 12.1 Å². The number of rotatable bonds is 3. The molecule has 3 amide bonds. The minimum Gasteiger partial charge on any atom is -0.443 e. The van der Waals surface area contributed by atoms with Crippen molar-refractivity contribution in [3.8, 4) is 22.5 Å². The summed E-state index contributed by atoms with van der Waals surface area (Å²) in [5, 5.41) is 2.33. The first kappa shape index (κ1) is 19.4. The first-order valence-electron chi connectivity index (χ1n) is 10.6. The molecule has 2 aliphatic heterocycles. The van der Waals surface area contributed by atoms with Gasteiger partial charge >= 0.3 is 0 Å². The van der Waals surface area contributed by atoms with E-state index in [1.54, 1.807) is 17.3 Å². The van der Waals surface area contributed by atoms with Crippen LogP contribution in [0.25, 0.3) is 33.6 Å². The van der Waals surface area contributed by atoms with Gasteiger partial charge in [0.15, 0.2) is 12.0 Å². The third-order valence-electron chi connectivity index (χ3n) is 6.34. The first-order chi connectivity index (χ1) is 16.0. The van der Waals surface area contributed by atoms with Crippen LogP contribution in [-0.4, -0.2) is 43.2 Å². The third-order valence-corrected chi connectivity index (χ3v) is 6.34. The lowest BCUT2D eigenvalue weighted by atomic mass is 10.0. The molecule has 4 heterocycles. The largest absolute Gasteiger partial charge is 0.443 e. The number of hydrogen-bond acceptors (Lipinski definition) is 6. The van der Waals surface area contributed by atoms with Crippen molar-refractivity contribution in [2.24, 2.45) is 7.05 Å². The minimum absolute atomic E-state index is 0.192. The van der Waals surface area contributed by atoms with Gasteiger partial charge < -0.3 is 13.9 Å². The molecule has 0 spiro atoms. The van der Waals surface area contributed by atoms with E-state index in [4.69, 9.17) is 4.42 Å². The van der Waals surface area contributed by atoms with E-state index in [2.05, 4.69) is 15.3 Å². The number of piperidine rings is 1. The second-order valence-corrected chi connectivity index (χ2v) is 8.36. The van der Waals surface area contributed by atoms with Gasteiger partial charge in [0.1, 0.15) is 11.6 Å². The predicted octanol–water partition coefficient (Wildman–Crippen LogP) is 2.66. The van der Waals surface area contributed by atoms with E-state index in [1.807, 2.05) is 41.9 Å². The molecule has 1 fully saturated rings. The van der Waals surface area contributed by atoms with Crippen molar-refractivity contribution in [2.45, 2.75) is 25.4 Å². The van der Waals surface area contributed by atoms with E-state index >= 15 is 0 Å². The summed E-state index contributed by atoms with van der Waals surface area (Å²) >= 11 is 0. The van der Waals surface area contributed by atoms with Gasteiger partial charge in [-0.05, 0) is 36.2 Å². The van der Waals surface area contributed by atoms with E-state index in [9.17, 15) is 14.4 Å². The lowest BCUT2D eigenvalue weighted by molar-refractivity contribution is -0.136. The normalized spacial score (nSPS) is 18.2. The SMILES string of the molecule is Cn1cnc(-c2ccc3c(c2)CN([C@H]2CCC(=O)NC2=O)C3=O)c1-c1ccc2ncoc2c1. The van der Waals surface area contributed by atoms with Crippen LogP contribution in [0, 0.1) is 0 Å². The maximum atomic E-state index is 13.0. The molecule has 0 radical (unpaired) electrons. The van der Waals surface area contributed by atoms with Gasteiger partial charge in [-0.25, -0.2) is 9.97 Å². The highest BCUT2D eigenvalue weighted by molar-refractivity contribution is 6.05. The van der Waals surface area contributed by atoms with Crippen LogP contribution >= 0.6 is 0 Å². The summed E-state index contributed by atoms with van der Waals surface area (Å²) < 4.78 is 7.41. The number of nitrogens with one attached hydrogen (secondary N) is 1. The number of imidazole rings is 1. The Hall–Kier alpha value is -4.27. The summed E-state index contributed by atoms with van der Waals surface area (Å²) in [7, 11) is 1.93. The number of benzene rings is 2. The highest BCUT2D eigenvalue weighted by Gasteiger charge is 2.39. The summed E-state index contributed by atoms with van der Waals surface area (Å²) in [5.41, 5.74) is 6.40. The molecule has 164 valence electrons.